The van der Waals surface area contributed by atoms with Crippen LogP contribution in [0.15, 0.2) is 59.5 Å². The molecule has 0 spiro atoms. The molecular formula is C27H31N3O2S. The molecule has 1 fully saturated rings. The normalized spacial score (nSPS) is 20.9. The fourth-order valence-electron chi connectivity index (χ4n) is 5.30. The largest absolute Gasteiger partial charge is 0.351 e. The van der Waals surface area contributed by atoms with Gasteiger partial charge in [0.2, 0.25) is 5.91 Å². The molecule has 33 heavy (non-hydrogen) atoms. The maximum Gasteiger partial charge on any atom is 0.271 e. The number of fused-ring (bicyclic) bond motifs is 3. The molecule has 5 rings (SSSR count). The topological polar surface area (TPSA) is 54.3 Å². The van der Waals surface area contributed by atoms with E-state index in [0.717, 1.165) is 36.6 Å². The SMILES string of the molecule is CSc1ccc(CCN2C(=O)c3cc4ccccc4n3C[C@@]2(C)C(=O)NC2CCCC2)cc1. The zero-order valence-electron chi connectivity index (χ0n) is 19.3. The quantitative estimate of drug-likeness (QED) is 0.533. The number of nitrogens with one attached hydrogen (secondary N) is 1. The highest BCUT2D eigenvalue weighted by atomic mass is 32.2. The van der Waals surface area contributed by atoms with Crippen LogP contribution < -0.4 is 5.32 Å². The number of benzene rings is 2. The molecule has 1 atom stereocenters. The lowest BCUT2D eigenvalue weighted by atomic mass is 9.93. The summed E-state index contributed by atoms with van der Waals surface area (Å²) >= 11 is 1.72. The van der Waals surface area contributed by atoms with Gasteiger partial charge in [-0.15, -0.1) is 11.8 Å². The Morgan fingerprint density at radius 1 is 1.12 bits per heavy atom. The van der Waals surface area contributed by atoms with Crippen LogP contribution in [0.4, 0.5) is 0 Å². The Morgan fingerprint density at radius 2 is 1.85 bits per heavy atom. The molecule has 1 saturated carbocycles. The molecule has 172 valence electrons. The lowest BCUT2D eigenvalue weighted by Gasteiger charge is -2.44. The third kappa shape index (κ3) is 4.05. The van der Waals surface area contributed by atoms with Gasteiger partial charge in [-0.05, 0) is 62.3 Å². The predicted molar refractivity (Wildman–Crippen MR) is 134 cm³/mol. The van der Waals surface area contributed by atoms with Crippen LogP contribution in [0, 0.1) is 0 Å². The number of hydrogen-bond donors (Lipinski definition) is 1. The van der Waals surface area contributed by atoms with Gasteiger partial charge >= 0.3 is 0 Å². The molecule has 0 radical (unpaired) electrons. The van der Waals surface area contributed by atoms with Gasteiger partial charge in [0.1, 0.15) is 11.2 Å². The number of carbonyl (C=O) groups excluding carboxylic acids is 2. The summed E-state index contributed by atoms with van der Waals surface area (Å²) in [6.07, 6.45) is 7.14. The van der Waals surface area contributed by atoms with E-state index in [0.29, 0.717) is 25.2 Å². The fraction of sp³-hybridized carbons (Fsp3) is 0.407. The second kappa shape index (κ2) is 8.90. The second-order valence-electron chi connectivity index (χ2n) is 9.46. The van der Waals surface area contributed by atoms with Crippen LogP contribution in [-0.2, 0) is 17.8 Å². The van der Waals surface area contributed by atoms with Crippen molar-refractivity contribution in [1.29, 1.82) is 0 Å². The Balaban J connectivity index is 1.48. The third-order valence-electron chi connectivity index (χ3n) is 7.30. The molecule has 2 aromatic carbocycles. The Hall–Kier alpha value is -2.73. The molecule has 1 aliphatic heterocycles. The number of para-hydroxylation sites is 1. The molecular weight excluding hydrogens is 430 g/mol. The van der Waals surface area contributed by atoms with E-state index in [1.807, 2.05) is 46.7 Å². The van der Waals surface area contributed by atoms with Crippen molar-refractivity contribution in [2.75, 3.05) is 12.8 Å². The second-order valence-corrected chi connectivity index (χ2v) is 10.3. The number of thioether (sulfide) groups is 1. The van der Waals surface area contributed by atoms with E-state index in [-0.39, 0.29) is 17.9 Å². The van der Waals surface area contributed by atoms with E-state index in [1.165, 1.54) is 10.5 Å². The average molecular weight is 462 g/mol. The Morgan fingerprint density at radius 3 is 2.58 bits per heavy atom. The third-order valence-corrected chi connectivity index (χ3v) is 8.04. The van der Waals surface area contributed by atoms with Crippen LogP contribution in [0.5, 0.6) is 0 Å². The summed E-state index contributed by atoms with van der Waals surface area (Å²) in [5.74, 6) is -0.105. The first-order valence-electron chi connectivity index (χ1n) is 11.8. The molecule has 0 unspecified atom stereocenters. The summed E-state index contributed by atoms with van der Waals surface area (Å²) in [6.45, 7) is 2.91. The zero-order valence-corrected chi connectivity index (χ0v) is 20.2. The number of nitrogens with zero attached hydrogens (tertiary/aromatic N) is 2. The van der Waals surface area contributed by atoms with Gasteiger partial charge in [0, 0.05) is 28.4 Å². The number of amides is 2. The summed E-state index contributed by atoms with van der Waals surface area (Å²) in [5.41, 5.74) is 1.91. The smallest absolute Gasteiger partial charge is 0.271 e. The van der Waals surface area contributed by atoms with E-state index in [9.17, 15) is 9.59 Å². The van der Waals surface area contributed by atoms with E-state index >= 15 is 0 Å². The molecule has 3 aromatic rings. The fourth-order valence-corrected chi connectivity index (χ4v) is 5.71. The molecule has 6 heteroatoms. The van der Waals surface area contributed by atoms with Gasteiger partial charge < -0.3 is 14.8 Å². The number of carbonyl (C=O) groups is 2. The monoisotopic (exact) mass is 461 g/mol. The van der Waals surface area contributed by atoms with Gasteiger partial charge in [0.15, 0.2) is 0 Å². The Labute approximate surface area is 199 Å². The maximum atomic E-state index is 13.8. The highest BCUT2D eigenvalue weighted by Crippen LogP contribution is 2.33. The Kier molecular flexibility index (Phi) is 5.95. The van der Waals surface area contributed by atoms with Gasteiger partial charge in [-0.1, -0.05) is 43.2 Å². The first-order valence-corrected chi connectivity index (χ1v) is 13.1. The van der Waals surface area contributed by atoms with Gasteiger partial charge in [0.25, 0.3) is 5.91 Å². The van der Waals surface area contributed by atoms with E-state index in [2.05, 4.69) is 35.8 Å². The lowest BCUT2D eigenvalue weighted by molar-refractivity contribution is -0.133. The molecule has 1 aromatic heterocycles. The maximum absolute atomic E-state index is 13.8. The zero-order chi connectivity index (χ0) is 23.0. The van der Waals surface area contributed by atoms with Crippen molar-refractivity contribution in [1.82, 2.24) is 14.8 Å². The summed E-state index contributed by atoms with van der Waals surface area (Å²) in [7, 11) is 0. The number of rotatable bonds is 6. The molecule has 5 nitrogen and oxygen atoms in total. The molecule has 2 heterocycles. The summed E-state index contributed by atoms with van der Waals surface area (Å²) in [6, 6.07) is 18.7. The standard InChI is InChI=1S/C27H31N3O2S/c1-27(26(32)28-21-8-4-5-9-21)18-29-23-10-6-3-7-20(23)17-24(29)25(31)30(27)16-15-19-11-13-22(33-2)14-12-19/h3,6-7,10-14,17,21H,4-5,8-9,15-16,18H2,1-2H3,(H,28,32)/t27-/m0/s1. The van der Waals surface area contributed by atoms with Crippen molar-refractivity contribution in [3.63, 3.8) is 0 Å². The van der Waals surface area contributed by atoms with Crippen LogP contribution in [0.1, 0.15) is 48.7 Å². The van der Waals surface area contributed by atoms with Crippen LogP contribution in [-0.4, -0.2) is 45.7 Å². The first-order chi connectivity index (χ1) is 16.0. The molecule has 0 bridgehead atoms. The highest BCUT2D eigenvalue weighted by molar-refractivity contribution is 7.98. The van der Waals surface area contributed by atoms with Crippen molar-refractivity contribution in [2.45, 2.75) is 62.0 Å². The van der Waals surface area contributed by atoms with E-state index in [4.69, 9.17) is 0 Å². The van der Waals surface area contributed by atoms with Crippen LogP contribution >= 0.6 is 11.8 Å². The van der Waals surface area contributed by atoms with E-state index < -0.39 is 5.54 Å². The summed E-state index contributed by atoms with van der Waals surface area (Å²) in [5, 5.41) is 4.31. The summed E-state index contributed by atoms with van der Waals surface area (Å²) < 4.78 is 2.04. The van der Waals surface area contributed by atoms with Crippen molar-refractivity contribution in [2.24, 2.45) is 0 Å². The lowest BCUT2D eigenvalue weighted by Crippen LogP contribution is -2.65. The minimum absolute atomic E-state index is 0.0380. The summed E-state index contributed by atoms with van der Waals surface area (Å²) in [4.78, 5) is 30.5. The van der Waals surface area contributed by atoms with Gasteiger partial charge in [-0.25, -0.2) is 0 Å². The molecule has 2 amide bonds. The number of aromatic nitrogens is 1. The van der Waals surface area contributed by atoms with Crippen molar-refractivity contribution in [3.8, 4) is 0 Å². The van der Waals surface area contributed by atoms with Gasteiger partial charge in [0.05, 0.1) is 6.54 Å². The minimum atomic E-state index is -0.937. The molecule has 1 N–H and O–H groups in total. The highest BCUT2D eigenvalue weighted by Gasteiger charge is 2.47. The van der Waals surface area contributed by atoms with Crippen LogP contribution in [0.2, 0.25) is 0 Å². The van der Waals surface area contributed by atoms with E-state index in [1.54, 1.807) is 11.8 Å². The molecule has 0 saturated heterocycles. The van der Waals surface area contributed by atoms with Gasteiger partial charge in [-0.3, -0.25) is 9.59 Å². The van der Waals surface area contributed by atoms with Crippen LogP contribution in [0.3, 0.4) is 0 Å². The molecule has 1 aliphatic carbocycles. The molecule has 2 aliphatic rings. The Bertz CT molecular complexity index is 1180. The van der Waals surface area contributed by atoms with Crippen molar-refractivity contribution < 1.29 is 9.59 Å². The van der Waals surface area contributed by atoms with Crippen molar-refractivity contribution in [3.05, 3.63) is 65.9 Å². The number of hydrogen-bond acceptors (Lipinski definition) is 3. The van der Waals surface area contributed by atoms with Gasteiger partial charge in [-0.2, -0.15) is 0 Å². The van der Waals surface area contributed by atoms with Crippen LogP contribution in [0.25, 0.3) is 10.9 Å². The average Bonchev–Trinajstić information content (AvgIpc) is 3.47. The minimum Gasteiger partial charge on any atom is -0.351 e. The predicted octanol–water partition coefficient (Wildman–Crippen LogP) is 4.88. The van der Waals surface area contributed by atoms with Crippen molar-refractivity contribution >= 4 is 34.5 Å². The first kappa shape index (κ1) is 22.1.